The molecule has 28 heavy (non-hydrogen) atoms. The highest BCUT2D eigenvalue weighted by atomic mass is 19.1. The van der Waals surface area contributed by atoms with Crippen LogP contribution in [0.1, 0.15) is 12.8 Å². The molecule has 1 atom stereocenters. The second kappa shape index (κ2) is 8.08. The van der Waals surface area contributed by atoms with E-state index in [-0.39, 0.29) is 11.7 Å². The first-order valence-corrected chi connectivity index (χ1v) is 9.22. The lowest BCUT2D eigenvalue weighted by Gasteiger charge is -2.33. The summed E-state index contributed by atoms with van der Waals surface area (Å²) in [7, 11) is 0. The van der Waals surface area contributed by atoms with E-state index in [0.717, 1.165) is 36.5 Å². The van der Waals surface area contributed by atoms with Crippen molar-refractivity contribution in [3.63, 3.8) is 0 Å². The number of benzene rings is 1. The largest absolute Gasteiger partial charge is 0.353 e. The van der Waals surface area contributed by atoms with Crippen molar-refractivity contribution in [3.05, 3.63) is 60.7 Å². The Morgan fingerprint density at radius 3 is 2.86 bits per heavy atom. The Hall–Kier alpha value is -3.42. The van der Waals surface area contributed by atoms with Crippen LogP contribution in [0, 0.1) is 5.82 Å². The molecule has 1 aromatic carbocycles. The summed E-state index contributed by atoms with van der Waals surface area (Å²) in [5.74, 6) is 0.385. The quantitative estimate of drug-likeness (QED) is 0.648. The molecule has 3 heterocycles. The average molecular weight is 380 g/mol. The van der Waals surface area contributed by atoms with E-state index in [1.54, 1.807) is 24.5 Å². The molecule has 8 heteroatoms. The lowest BCUT2D eigenvalue weighted by Crippen LogP contribution is -2.49. The highest BCUT2D eigenvalue weighted by Gasteiger charge is 2.23. The van der Waals surface area contributed by atoms with E-state index in [1.165, 1.54) is 12.1 Å². The summed E-state index contributed by atoms with van der Waals surface area (Å²) in [6, 6.07) is 11.5. The molecule has 1 saturated heterocycles. The summed E-state index contributed by atoms with van der Waals surface area (Å²) in [5.41, 5.74) is 2.11. The zero-order valence-electron chi connectivity index (χ0n) is 15.2. The third-order valence-electron chi connectivity index (χ3n) is 4.76. The molecule has 3 aromatic rings. The highest BCUT2D eigenvalue weighted by molar-refractivity contribution is 5.89. The van der Waals surface area contributed by atoms with Crippen molar-refractivity contribution in [3.8, 4) is 11.3 Å². The minimum Gasteiger partial charge on any atom is -0.353 e. The van der Waals surface area contributed by atoms with Crippen molar-refractivity contribution < 1.29 is 9.18 Å². The molecular formula is C20H21FN6O. The van der Waals surface area contributed by atoms with Gasteiger partial charge < -0.3 is 15.5 Å². The monoisotopic (exact) mass is 380 g/mol. The Labute approximate surface area is 162 Å². The number of anilines is 2. The topological polar surface area (TPSA) is 85.9 Å². The molecule has 144 valence electrons. The van der Waals surface area contributed by atoms with Crippen LogP contribution >= 0.6 is 0 Å². The number of hydrogen-bond donors (Lipinski definition) is 3. The van der Waals surface area contributed by atoms with Crippen molar-refractivity contribution in [1.29, 1.82) is 0 Å². The van der Waals surface area contributed by atoms with E-state index in [2.05, 4.69) is 30.7 Å². The fourth-order valence-electron chi connectivity index (χ4n) is 3.36. The average Bonchev–Trinajstić information content (AvgIpc) is 3.21. The number of para-hydroxylation sites is 1. The van der Waals surface area contributed by atoms with Crippen LogP contribution in [0.25, 0.3) is 11.3 Å². The first-order valence-electron chi connectivity index (χ1n) is 9.22. The van der Waals surface area contributed by atoms with Crippen molar-refractivity contribution in [2.75, 3.05) is 23.3 Å². The number of aromatic nitrogens is 3. The first-order chi connectivity index (χ1) is 13.7. The van der Waals surface area contributed by atoms with E-state index in [0.29, 0.717) is 6.54 Å². The standard InChI is InChI=1S/C20H21FN6O/c21-16-5-1-2-6-17(16)24-20(28)23-15-4-3-11-27(13-15)19-12-18(25-26-19)14-7-9-22-10-8-14/h1-2,5-10,12,15H,3-4,11,13H2,(H,25,26)(H2,23,24,28)/t15-/m1/s1. The number of aromatic amines is 1. The van der Waals surface area contributed by atoms with E-state index >= 15 is 0 Å². The van der Waals surface area contributed by atoms with E-state index < -0.39 is 11.8 Å². The number of pyridine rings is 1. The molecule has 0 unspecified atom stereocenters. The predicted molar refractivity (Wildman–Crippen MR) is 106 cm³/mol. The maximum atomic E-state index is 13.7. The zero-order chi connectivity index (χ0) is 19.3. The van der Waals surface area contributed by atoms with Gasteiger partial charge in [-0.3, -0.25) is 10.1 Å². The predicted octanol–water partition coefficient (Wildman–Crippen LogP) is 3.40. The molecular weight excluding hydrogens is 359 g/mol. The minimum absolute atomic E-state index is 0.0402. The molecule has 2 aromatic heterocycles. The van der Waals surface area contributed by atoms with Gasteiger partial charge in [0.15, 0.2) is 5.82 Å². The molecule has 4 rings (SSSR count). The molecule has 0 aliphatic carbocycles. The van der Waals surface area contributed by atoms with Crippen LogP contribution in [0.2, 0.25) is 0 Å². The Morgan fingerprint density at radius 2 is 2.04 bits per heavy atom. The van der Waals surface area contributed by atoms with Crippen LogP contribution in [0.3, 0.4) is 0 Å². The summed E-state index contributed by atoms with van der Waals surface area (Å²) in [6.07, 6.45) is 5.28. The van der Waals surface area contributed by atoms with Gasteiger partial charge in [-0.15, -0.1) is 0 Å². The molecule has 0 saturated carbocycles. The number of H-pyrrole nitrogens is 1. The third-order valence-corrected chi connectivity index (χ3v) is 4.76. The van der Waals surface area contributed by atoms with Crippen LogP contribution in [-0.4, -0.2) is 40.3 Å². The third kappa shape index (κ3) is 4.11. The van der Waals surface area contributed by atoms with Crippen LogP contribution in [0.15, 0.2) is 54.9 Å². The molecule has 2 amide bonds. The number of nitrogens with one attached hydrogen (secondary N) is 3. The van der Waals surface area contributed by atoms with E-state index in [4.69, 9.17) is 0 Å². The van der Waals surface area contributed by atoms with Crippen LogP contribution in [-0.2, 0) is 0 Å². The van der Waals surface area contributed by atoms with Crippen LogP contribution in [0.5, 0.6) is 0 Å². The van der Waals surface area contributed by atoms with Gasteiger partial charge in [-0.2, -0.15) is 5.10 Å². The van der Waals surface area contributed by atoms with Crippen molar-refractivity contribution in [2.24, 2.45) is 0 Å². The number of carbonyl (C=O) groups is 1. The Balaban J connectivity index is 1.37. The Morgan fingerprint density at radius 1 is 1.21 bits per heavy atom. The van der Waals surface area contributed by atoms with Gasteiger partial charge in [0.1, 0.15) is 5.82 Å². The maximum absolute atomic E-state index is 13.7. The number of rotatable bonds is 4. The minimum atomic E-state index is -0.455. The summed E-state index contributed by atoms with van der Waals surface area (Å²) >= 11 is 0. The van der Waals surface area contributed by atoms with Gasteiger partial charge in [0.05, 0.1) is 11.4 Å². The van der Waals surface area contributed by atoms with Gasteiger partial charge >= 0.3 is 6.03 Å². The van der Waals surface area contributed by atoms with Gasteiger partial charge in [-0.25, -0.2) is 9.18 Å². The van der Waals surface area contributed by atoms with Crippen LogP contribution < -0.4 is 15.5 Å². The molecule has 1 aliphatic heterocycles. The van der Waals surface area contributed by atoms with Gasteiger partial charge in [-0.05, 0) is 37.1 Å². The molecule has 1 aliphatic rings. The van der Waals surface area contributed by atoms with Crippen LogP contribution in [0.4, 0.5) is 20.7 Å². The van der Waals surface area contributed by atoms with Crippen molar-refractivity contribution in [1.82, 2.24) is 20.5 Å². The fourth-order valence-corrected chi connectivity index (χ4v) is 3.36. The number of piperidine rings is 1. The lowest BCUT2D eigenvalue weighted by molar-refractivity contribution is 0.246. The summed E-state index contributed by atoms with van der Waals surface area (Å²) in [4.78, 5) is 18.4. The number of nitrogens with zero attached hydrogens (tertiary/aromatic N) is 3. The molecule has 1 fully saturated rings. The second-order valence-electron chi connectivity index (χ2n) is 6.74. The maximum Gasteiger partial charge on any atom is 0.319 e. The second-order valence-corrected chi connectivity index (χ2v) is 6.74. The number of amides is 2. The highest BCUT2D eigenvalue weighted by Crippen LogP contribution is 2.24. The molecule has 7 nitrogen and oxygen atoms in total. The fraction of sp³-hybridized carbons (Fsp3) is 0.250. The van der Waals surface area contributed by atoms with Gasteiger partial charge in [-0.1, -0.05) is 12.1 Å². The van der Waals surface area contributed by atoms with E-state index in [1.807, 2.05) is 18.2 Å². The van der Waals surface area contributed by atoms with Gasteiger partial charge in [0.25, 0.3) is 0 Å². The summed E-state index contributed by atoms with van der Waals surface area (Å²) in [6.45, 7) is 1.51. The molecule has 0 spiro atoms. The molecule has 0 radical (unpaired) electrons. The summed E-state index contributed by atoms with van der Waals surface area (Å²) < 4.78 is 13.7. The first kappa shape index (κ1) is 18.0. The number of urea groups is 1. The Kier molecular flexibility index (Phi) is 5.18. The zero-order valence-corrected chi connectivity index (χ0v) is 15.2. The van der Waals surface area contributed by atoms with Crippen molar-refractivity contribution >= 4 is 17.5 Å². The summed E-state index contributed by atoms with van der Waals surface area (Å²) in [5, 5.41) is 13.0. The molecule has 0 bridgehead atoms. The smallest absolute Gasteiger partial charge is 0.319 e. The van der Waals surface area contributed by atoms with Crippen molar-refractivity contribution in [2.45, 2.75) is 18.9 Å². The number of hydrogen-bond acceptors (Lipinski definition) is 4. The molecule has 3 N–H and O–H groups in total. The van der Waals surface area contributed by atoms with E-state index in [9.17, 15) is 9.18 Å². The SMILES string of the molecule is O=C(Nc1ccccc1F)N[C@@H]1CCCN(c2cc(-c3ccncc3)[nH]n2)C1. The lowest BCUT2D eigenvalue weighted by atomic mass is 10.1. The number of halogens is 1. The normalized spacial score (nSPS) is 16.6. The van der Waals surface area contributed by atoms with Gasteiger partial charge in [0, 0.05) is 43.2 Å². The Bertz CT molecular complexity index is 945. The number of carbonyl (C=O) groups excluding carboxylic acids is 1. The van der Waals surface area contributed by atoms with Gasteiger partial charge in [0.2, 0.25) is 0 Å².